The Kier molecular flexibility index (Phi) is 3.98. The molecule has 2 N–H and O–H groups in total. The number of hydrogen-bond acceptors (Lipinski definition) is 2. The summed E-state index contributed by atoms with van der Waals surface area (Å²) in [5.41, 5.74) is 8.62. The average Bonchev–Trinajstić information content (AvgIpc) is 2.28. The van der Waals surface area contributed by atoms with Gasteiger partial charge in [-0.2, -0.15) is 0 Å². The molecule has 0 fully saturated rings. The minimum absolute atomic E-state index is 0.0753. The molecule has 16 heavy (non-hydrogen) atoms. The average molecular weight is 220 g/mol. The summed E-state index contributed by atoms with van der Waals surface area (Å²) in [5.74, 6) is 0. The highest BCUT2D eigenvalue weighted by Crippen LogP contribution is 2.30. The maximum atomic E-state index is 6.01. The summed E-state index contributed by atoms with van der Waals surface area (Å²) in [6.45, 7) is 8.76. The summed E-state index contributed by atoms with van der Waals surface area (Å²) in [4.78, 5) is 2.33. The van der Waals surface area contributed by atoms with E-state index in [9.17, 15) is 0 Å². The van der Waals surface area contributed by atoms with Crippen molar-refractivity contribution in [2.24, 2.45) is 5.73 Å². The van der Waals surface area contributed by atoms with E-state index in [1.807, 2.05) is 6.92 Å². The van der Waals surface area contributed by atoms with Crippen molar-refractivity contribution in [2.75, 3.05) is 11.9 Å². The highest BCUT2D eigenvalue weighted by molar-refractivity contribution is 5.56. The minimum Gasteiger partial charge on any atom is -0.369 e. The van der Waals surface area contributed by atoms with Crippen LogP contribution in [0.3, 0.4) is 0 Å². The lowest BCUT2D eigenvalue weighted by molar-refractivity contribution is 0.469. The van der Waals surface area contributed by atoms with Crippen molar-refractivity contribution >= 4 is 5.69 Å². The van der Waals surface area contributed by atoms with E-state index in [2.05, 4.69) is 57.0 Å². The molecule has 2 nitrogen and oxygen atoms in total. The van der Waals surface area contributed by atoms with Gasteiger partial charge in [-0.05, 0) is 38.8 Å². The van der Waals surface area contributed by atoms with Crippen molar-refractivity contribution < 1.29 is 0 Å². The van der Waals surface area contributed by atoms with Crippen molar-refractivity contribution in [3.63, 3.8) is 0 Å². The van der Waals surface area contributed by atoms with Crippen LogP contribution in [0.1, 0.15) is 45.7 Å². The molecule has 1 aromatic carbocycles. The fourth-order valence-electron chi connectivity index (χ4n) is 1.74. The van der Waals surface area contributed by atoms with Crippen LogP contribution in [-0.4, -0.2) is 12.6 Å². The monoisotopic (exact) mass is 220 g/mol. The SMILES string of the molecule is CCC(C)(C)N(C)c1ccccc1C(C)N. The molecule has 1 aromatic rings. The lowest BCUT2D eigenvalue weighted by atomic mass is 9.96. The van der Waals surface area contributed by atoms with Gasteiger partial charge in [0.15, 0.2) is 0 Å². The third kappa shape index (κ3) is 2.56. The Bertz CT molecular complexity index is 342. The Balaban J connectivity index is 3.13. The predicted octanol–water partition coefficient (Wildman–Crippen LogP) is 3.33. The molecule has 0 saturated carbocycles. The van der Waals surface area contributed by atoms with Gasteiger partial charge in [-0.15, -0.1) is 0 Å². The summed E-state index contributed by atoms with van der Waals surface area (Å²) >= 11 is 0. The summed E-state index contributed by atoms with van der Waals surface area (Å²) < 4.78 is 0. The van der Waals surface area contributed by atoms with Crippen LogP contribution in [0.25, 0.3) is 0 Å². The highest BCUT2D eigenvalue weighted by Gasteiger charge is 2.23. The molecule has 0 bridgehead atoms. The first-order valence-corrected chi connectivity index (χ1v) is 5.98. The van der Waals surface area contributed by atoms with Gasteiger partial charge in [0.25, 0.3) is 0 Å². The van der Waals surface area contributed by atoms with Crippen LogP contribution < -0.4 is 10.6 Å². The van der Waals surface area contributed by atoms with Crippen molar-refractivity contribution in [3.8, 4) is 0 Å². The number of anilines is 1. The summed E-state index contributed by atoms with van der Waals surface area (Å²) in [6, 6.07) is 8.46. The first kappa shape index (κ1) is 13.0. The molecular weight excluding hydrogens is 196 g/mol. The van der Waals surface area contributed by atoms with Crippen LogP contribution >= 0.6 is 0 Å². The largest absolute Gasteiger partial charge is 0.369 e. The van der Waals surface area contributed by atoms with E-state index in [0.717, 1.165) is 6.42 Å². The van der Waals surface area contributed by atoms with Gasteiger partial charge in [0, 0.05) is 24.3 Å². The third-order valence-corrected chi connectivity index (χ3v) is 3.56. The number of nitrogens with two attached hydrogens (primary N) is 1. The number of hydrogen-bond donors (Lipinski definition) is 1. The Labute approximate surface area is 99.5 Å². The zero-order chi connectivity index (χ0) is 12.3. The van der Waals surface area contributed by atoms with E-state index in [4.69, 9.17) is 5.73 Å². The molecule has 90 valence electrons. The molecule has 0 saturated heterocycles. The van der Waals surface area contributed by atoms with Crippen molar-refractivity contribution in [1.29, 1.82) is 0 Å². The van der Waals surface area contributed by atoms with E-state index in [1.54, 1.807) is 0 Å². The standard InChI is InChI=1S/C14H24N2/c1-6-14(3,4)16(5)13-10-8-7-9-12(13)11(2)15/h7-11H,6,15H2,1-5H3. The fraction of sp³-hybridized carbons (Fsp3) is 0.571. The maximum Gasteiger partial charge on any atom is 0.0416 e. The van der Waals surface area contributed by atoms with Crippen LogP contribution in [0.5, 0.6) is 0 Å². The first-order valence-electron chi connectivity index (χ1n) is 5.98. The maximum absolute atomic E-state index is 6.01. The zero-order valence-electron chi connectivity index (χ0n) is 11.1. The van der Waals surface area contributed by atoms with E-state index in [0.29, 0.717) is 0 Å². The van der Waals surface area contributed by atoms with Gasteiger partial charge in [-0.1, -0.05) is 25.1 Å². The quantitative estimate of drug-likeness (QED) is 0.843. The Morgan fingerprint density at radius 1 is 1.31 bits per heavy atom. The second-order valence-electron chi connectivity index (χ2n) is 5.07. The van der Waals surface area contributed by atoms with Gasteiger partial charge >= 0.3 is 0 Å². The second kappa shape index (κ2) is 4.88. The number of nitrogens with zero attached hydrogens (tertiary/aromatic N) is 1. The van der Waals surface area contributed by atoms with Gasteiger partial charge in [0.05, 0.1) is 0 Å². The van der Waals surface area contributed by atoms with Crippen molar-refractivity contribution in [2.45, 2.75) is 45.7 Å². The fourth-order valence-corrected chi connectivity index (χ4v) is 1.74. The minimum atomic E-state index is 0.0753. The molecule has 0 aliphatic heterocycles. The lowest BCUT2D eigenvalue weighted by Crippen LogP contribution is -2.41. The van der Waals surface area contributed by atoms with Crippen molar-refractivity contribution in [3.05, 3.63) is 29.8 Å². The van der Waals surface area contributed by atoms with Gasteiger partial charge < -0.3 is 10.6 Å². The van der Waals surface area contributed by atoms with E-state index >= 15 is 0 Å². The van der Waals surface area contributed by atoms with Crippen LogP contribution in [-0.2, 0) is 0 Å². The van der Waals surface area contributed by atoms with Gasteiger partial charge in [-0.3, -0.25) is 0 Å². The number of benzene rings is 1. The molecular formula is C14H24N2. The van der Waals surface area contributed by atoms with Gasteiger partial charge in [-0.25, -0.2) is 0 Å². The summed E-state index contributed by atoms with van der Waals surface area (Å²) in [5, 5.41) is 0. The van der Waals surface area contributed by atoms with E-state index in [-0.39, 0.29) is 11.6 Å². The number of rotatable bonds is 4. The van der Waals surface area contributed by atoms with Gasteiger partial charge in [0.1, 0.15) is 0 Å². The van der Waals surface area contributed by atoms with E-state index in [1.165, 1.54) is 11.3 Å². The van der Waals surface area contributed by atoms with Crippen LogP contribution in [0.4, 0.5) is 5.69 Å². The molecule has 1 unspecified atom stereocenters. The zero-order valence-corrected chi connectivity index (χ0v) is 11.1. The second-order valence-corrected chi connectivity index (χ2v) is 5.07. The molecule has 0 heterocycles. The Hall–Kier alpha value is -1.02. The molecule has 0 radical (unpaired) electrons. The highest BCUT2D eigenvalue weighted by atomic mass is 15.2. The topological polar surface area (TPSA) is 29.3 Å². The molecule has 1 rings (SSSR count). The smallest absolute Gasteiger partial charge is 0.0416 e. The van der Waals surface area contributed by atoms with Crippen LogP contribution in [0.15, 0.2) is 24.3 Å². The van der Waals surface area contributed by atoms with Crippen LogP contribution in [0.2, 0.25) is 0 Å². The first-order chi connectivity index (χ1) is 7.40. The normalized spacial score (nSPS) is 13.6. The number of para-hydroxylation sites is 1. The lowest BCUT2D eigenvalue weighted by Gasteiger charge is -2.38. The third-order valence-electron chi connectivity index (χ3n) is 3.56. The molecule has 0 aliphatic carbocycles. The molecule has 1 atom stereocenters. The molecule has 0 amide bonds. The summed E-state index contributed by atoms with van der Waals surface area (Å²) in [7, 11) is 2.14. The molecule has 0 aliphatic rings. The molecule has 2 heteroatoms. The predicted molar refractivity (Wildman–Crippen MR) is 71.8 cm³/mol. The van der Waals surface area contributed by atoms with Gasteiger partial charge in [0.2, 0.25) is 0 Å². The Morgan fingerprint density at radius 3 is 2.38 bits per heavy atom. The van der Waals surface area contributed by atoms with Crippen molar-refractivity contribution in [1.82, 2.24) is 0 Å². The van der Waals surface area contributed by atoms with E-state index < -0.39 is 0 Å². The Morgan fingerprint density at radius 2 is 1.88 bits per heavy atom. The summed E-state index contributed by atoms with van der Waals surface area (Å²) in [6.07, 6.45) is 1.11. The molecule has 0 spiro atoms. The van der Waals surface area contributed by atoms with Crippen LogP contribution in [0, 0.1) is 0 Å². The molecule has 0 aromatic heterocycles.